The Labute approximate surface area is 351 Å². The number of esters is 2. The quantitative estimate of drug-likeness (QED) is 0.0270. The fraction of sp³-hybridized carbons (Fsp3) is 0.875. The topological polar surface area (TPSA) is 119 Å². The Morgan fingerprint density at radius 2 is 0.737 bits per heavy atom. The molecule has 0 aliphatic rings. The molecule has 0 aliphatic heterocycles. The van der Waals surface area contributed by atoms with E-state index in [2.05, 4.69) is 42.7 Å². The third-order valence-corrected chi connectivity index (χ3v) is 11.2. The van der Waals surface area contributed by atoms with Crippen LogP contribution in [0.5, 0.6) is 0 Å². The fourth-order valence-corrected chi connectivity index (χ4v) is 7.43. The summed E-state index contributed by atoms with van der Waals surface area (Å²) in [5.74, 6) is -0.884. The first-order valence-electron chi connectivity index (χ1n) is 24.1. The summed E-state index contributed by atoms with van der Waals surface area (Å²) < 4.78 is 26.5. The lowest BCUT2D eigenvalue weighted by molar-refractivity contribution is -0.161. The Morgan fingerprint density at radius 1 is 0.439 bits per heavy atom. The number of hydrogen-bond donors (Lipinski definition) is 2. The maximum atomic E-state index is 12.5. The van der Waals surface area contributed by atoms with Gasteiger partial charge in [-0.05, 0) is 64.2 Å². The van der Waals surface area contributed by atoms with E-state index in [1.807, 2.05) is 0 Å². The van der Waals surface area contributed by atoms with Crippen molar-refractivity contribution in [3.8, 4) is 0 Å². The van der Waals surface area contributed by atoms with Crippen molar-refractivity contribution in [3.63, 3.8) is 0 Å². The van der Waals surface area contributed by atoms with Crippen LogP contribution in [0.25, 0.3) is 0 Å². The Hall–Kier alpha value is -1.47. The Balaban J connectivity index is 3.82. The van der Waals surface area contributed by atoms with Crippen molar-refractivity contribution in [1.29, 1.82) is 0 Å². The molecule has 57 heavy (non-hydrogen) atoms. The van der Waals surface area contributed by atoms with E-state index in [9.17, 15) is 14.2 Å². The van der Waals surface area contributed by atoms with Gasteiger partial charge in [0.1, 0.15) is 6.61 Å². The summed E-state index contributed by atoms with van der Waals surface area (Å²) >= 11 is 0. The number of hydrogen-bond acceptors (Lipinski definition) is 6. The van der Waals surface area contributed by atoms with Crippen LogP contribution in [0, 0.1) is 0 Å². The molecule has 0 amide bonds. The second-order valence-corrected chi connectivity index (χ2v) is 17.7. The highest BCUT2D eigenvalue weighted by molar-refractivity contribution is 7.46. The minimum atomic E-state index is -4.76. The molecule has 0 aromatic carbocycles. The Bertz CT molecular complexity index is 977. The van der Waals surface area contributed by atoms with Crippen molar-refractivity contribution in [2.24, 2.45) is 0 Å². The van der Waals surface area contributed by atoms with Gasteiger partial charge in [-0.2, -0.15) is 0 Å². The average Bonchev–Trinajstić information content (AvgIpc) is 3.18. The number of carbonyl (C=O) groups excluding carboxylic acids is 2. The fourth-order valence-electron chi connectivity index (χ4n) is 7.07. The summed E-state index contributed by atoms with van der Waals surface area (Å²) in [4.78, 5) is 43.0. The van der Waals surface area contributed by atoms with Crippen molar-refractivity contribution in [1.82, 2.24) is 0 Å². The van der Waals surface area contributed by atoms with Crippen LogP contribution in [-0.4, -0.2) is 41.0 Å². The number of allylic oxidation sites excluding steroid dienone is 4. The van der Waals surface area contributed by atoms with E-state index in [4.69, 9.17) is 19.3 Å². The maximum Gasteiger partial charge on any atom is 0.469 e. The van der Waals surface area contributed by atoms with Crippen LogP contribution in [0.2, 0.25) is 0 Å². The molecule has 0 rings (SSSR count). The lowest BCUT2D eigenvalue weighted by Gasteiger charge is -2.18. The van der Waals surface area contributed by atoms with E-state index in [0.29, 0.717) is 12.8 Å². The smallest absolute Gasteiger partial charge is 0.462 e. The molecule has 0 saturated carbocycles. The molecule has 1 atom stereocenters. The van der Waals surface area contributed by atoms with Gasteiger partial charge in [-0.15, -0.1) is 0 Å². The molecule has 8 nitrogen and oxygen atoms in total. The van der Waals surface area contributed by atoms with Gasteiger partial charge in [0, 0.05) is 12.8 Å². The van der Waals surface area contributed by atoms with Gasteiger partial charge in [0.25, 0.3) is 0 Å². The normalized spacial score (nSPS) is 12.6. The van der Waals surface area contributed by atoms with Crippen LogP contribution >= 0.6 is 7.82 Å². The number of phosphoric ester groups is 1. The summed E-state index contributed by atoms with van der Waals surface area (Å²) in [6.45, 7) is 3.71. The van der Waals surface area contributed by atoms with Gasteiger partial charge in [-0.1, -0.05) is 199 Å². The molecule has 0 heterocycles. The van der Waals surface area contributed by atoms with Crippen LogP contribution in [-0.2, 0) is 28.2 Å². The minimum Gasteiger partial charge on any atom is -0.462 e. The predicted molar refractivity (Wildman–Crippen MR) is 239 cm³/mol. The lowest BCUT2D eigenvalue weighted by atomic mass is 10.0. The van der Waals surface area contributed by atoms with Crippen molar-refractivity contribution >= 4 is 19.8 Å². The third-order valence-electron chi connectivity index (χ3n) is 10.7. The van der Waals surface area contributed by atoms with Crippen LogP contribution in [0.15, 0.2) is 24.3 Å². The second kappa shape index (κ2) is 44.1. The zero-order valence-corrected chi connectivity index (χ0v) is 38.1. The molecule has 2 N–H and O–H groups in total. The first-order chi connectivity index (χ1) is 27.8. The van der Waals surface area contributed by atoms with E-state index >= 15 is 0 Å². The lowest BCUT2D eigenvalue weighted by Crippen LogP contribution is -2.29. The van der Waals surface area contributed by atoms with E-state index in [-0.39, 0.29) is 19.4 Å². The van der Waals surface area contributed by atoms with Crippen LogP contribution in [0.1, 0.15) is 251 Å². The molecule has 0 bridgehead atoms. The Morgan fingerprint density at radius 3 is 1.07 bits per heavy atom. The molecule has 0 fully saturated rings. The molecule has 0 aliphatic carbocycles. The van der Waals surface area contributed by atoms with Crippen molar-refractivity contribution < 1.29 is 37.9 Å². The van der Waals surface area contributed by atoms with Gasteiger partial charge in [0.15, 0.2) is 6.10 Å². The minimum absolute atomic E-state index is 0.212. The number of carbonyl (C=O) groups is 2. The van der Waals surface area contributed by atoms with Gasteiger partial charge >= 0.3 is 19.8 Å². The van der Waals surface area contributed by atoms with Crippen LogP contribution in [0.3, 0.4) is 0 Å². The van der Waals surface area contributed by atoms with Gasteiger partial charge in [0.2, 0.25) is 0 Å². The highest BCUT2D eigenvalue weighted by Crippen LogP contribution is 2.36. The standard InChI is InChI=1S/C48H91O8P/c1-3-5-7-9-11-13-15-17-19-21-22-23-24-25-26-27-29-31-33-35-37-39-41-43-48(50)56-46(45-55-57(51,52)53)44-54-47(49)42-40-38-36-34-32-30-28-20-18-16-14-12-10-8-6-4-2/h20-22,28,46H,3-19,23-27,29-45H2,1-2H3,(H2,51,52,53)/b22-21-,28-20-. The van der Waals surface area contributed by atoms with Gasteiger partial charge in [-0.25, -0.2) is 4.57 Å². The van der Waals surface area contributed by atoms with Crippen LogP contribution < -0.4 is 0 Å². The van der Waals surface area contributed by atoms with Crippen molar-refractivity contribution in [2.75, 3.05) is 13.2 Å². The zero-order chi connectivity index (χ0) is 41.8. The summed E-state index contributed by atoms with van der Waals surface area (Å²) in [5, 5.41) is 0. The maximum absolute atomic E-state index is 12.5. The van der Waals surface area contributed by atoms with E-state index in [0.717, 1.165) is 51.4 Å². The molecular formula is C48H91O8P. The number of rotatable bonds is 45. The van der Waals surface area contributed by atoms with Gasteiger partial charge in [0.05, 0.1) is 6.61 Å². The van der Waals surface area contributed by atoms with E-state index in [1.165, 1.54) is 161 Å². The molecular weight excluding hydrogens is 735 g/mol. The molecule has 0 aromatic rings. The summed E-state index contributed by atoms with van der Waals surface area (Å²) in [5.41, 5.74) is 0. The third kappa shape index (κ3) is 47.1. The summed E-state index contributed by atoms with van der Waals surface area (Å²) in [6, 6.07) is 0. The highest BCUT2D eigenvalue weighted by Gasteiger charge is 2.23. The monoisotopic (exact) mass is 827 g/mol. The molecule has 1 unspecified atom stereocenters. The van der Waals surface area contributed by atoms with Gasteiger partial charge < -0.3 is 19.3 Å². The number of ether oxygens (including phenoxy) is 2. The summed E-state index contributed by atoms with van der Waals surface area (Å²) in [6.07, 6.45) is 51.9. The highest BCUT2D eigenvalue weighted by atomic mass is 31.2. The first kappa shape index (κ1) is 55.5. The molecule has 0 spiro atoms. The van der Waals surface area contributed by atoms with E-state index < -0.39 is 32.5 Å². The second-order valence-electron chi connectivity index (χ2n) is 16.4. The Kier molecular flexibility index (Phi) is 43.0. The molecule has 0 radical (unpaired) electrons. The average molecular weight is 827 g/mol. The van der Waals surface area contributed by atoms with Crippen LogP contribution in [0.4, 0.5) is 0 Å². The number of unbranched alkanes of at least 4 members (excludes halogenated alkanes) is 31. The number of phosphoric acid groups is 1. The molecule has 9 heteroatoms. The predicted octanol–water partition coefficient (Wildman–Crippen LogP) is 15.1. The van der Waals surface area contributed by atoms with E-state index in [1.54, 1.807) is 0 Å². The van der Waals surface area contributed by atoms with Crippen molar-refractivity contribution in [2.45, 2.75) is 258 Å². The largest absolute Gasteiger partial charge is 0.469 e. The zero-order valence-electron chi connectivity index (χ0n) is 37.3. The van der Waals surface area contributed by atoms with Crippen molar-refractivity contribution in [3.05, 3.63) is 24.3 Å². The summed E-state index contributed by atoms with van der Waals surface area (Å²) in [7, 11) is -4.76. The SMILES string of the molecule is CCCCCCCCC/C=C\CCCCCCCC(=O)OCC(COP(=O)(O)O)OC(=O)CCCCCCCCCCCCC/C=C\CCCCCCCCCC. The molecule has 0 aromatic heterocycles. The molecule has 336 valence electrons. The van der Waals surface area contributed by atoms with Gasteiger partial charge in [-0.3, -0.25) is 14.1 Å². The molecule has 0 saturated heterocycles. The first-order valence-corrected chi connectivity index (χ1v) is 25.7.